The first-order chi connectivity index (χ1) is 12.5. The van der Waals surface area contributed by atoms with Gasteiger partial charge < -0.3 is 20.4 Å². The molecule has 0 aliphatic heterocycles. The van der Waals surface area contributed by atoms with Crippen molar-refractivity contribution in [2.24, 2.45) is 0 Å². The van der Waals surface area contributed by atoms with Gasteiger partial charge in [0, 0.05) is 5.56 Å². The van der Waals surface area contributed by atoms with Crippen molar-refractivity contribution in [2.45, 2.75) is 90.4 Å². The number of phenols is 3. The van der Waals surface area contributed by atoms with Crippen LogP contribution in [-0.2, 0) is 6.42 Å². The van der Waals surface area contributed by atoms with E-state index in [2.05, 4.69) is 6.92 Å². The van der Waals surface area contributed by atoms with Crippen molar-refractivity contribution in [3.05, 3.63) is 17.2 Å². The van der Waals surface area contributed by atoms with Crippen molar-refractivity contribution < 1.29 is 25.2 Å². The van der Waals surface area contributed by atoms with E-state index in [1.807, 2.05) is 0 Å². The molecule has 5 heteroatoms. The van der Waals surface area contributed by atoms with Gasteiger partial charge in [0.15, 0.2) is 11.5 Å². The average molecular weight is 366 g/mol. The van der Waals surface area contributed by atoms with Crippen molar-refractivity contribution in [2.75, 3.05) is 0 Å². The maximum atomic E-state index is 11.3. The molecule has 0 unspecified atom stereocenters. The third-order valence-electron chi connectivity index (χ3n) is 4.87. The van der Waals surface area contributed by atoms with Gasteiger partial charge in [-0.1, -0.05) is 77.6 Å². The Morgan fingerprint density at radius 1 is 0.769 bits per heavy atom. The van der Waals surface area contributed by atoms with Crippen LogP contribution in [0.2, 0.25) is 0 Å². The van der Waals surface area contributed by atoms with Crippen LogP contribution in [0.1, 0.15) is 99.9 Å². The SMILES string of the molecule is CCCCCCCCCCCCCCc1c(C(=O)O)cc(O)c(O)c1O. The lowest BCUT2D eigenvalue weighted by atomic mass is 9.98. The molecule has 0 aliphatic carbocycles. The minimum atomic E-state index is -1.22. The van der Waals surface area contributed by atoms with E-state index in [-0.39, 0.29) is 11.1 Å². The molecule has 4 N–H and O–H groups in total. The van der Waals surface area contributed by atoms with Crippen molar-refractivity contribution in [3.8, 4) is 17.2 Å². The minimum absolute atomic E-state index is 0.152. The lowest BCUT2D eigenvalue weighted by Gasteiger charge is -2.11. The molecule has 0 amide bonds. The second kappa shape index (κ2) is 12.4. The first-order valence-corrected chi connectivity index (χ1v) is 9.99. The Bertz CT molecular complexity index is 554. The van der Waals surface area contributed by atoms with Crippen LogP contribution in [-0.4, -0.2) is 26.4 Å². The highest BCUT2D eigenvalue weighted by Gasteiger charge is 2.20. The zero-order chi connectivity index (χ0) is 19.4. The highest BCUT2D eigenvalue weighted by atomic mass is 16.4. The van der Waals surface area contributed by atoms with E-state index in [0.29, 0.717) is 6.42 Å². The third-order valence-corrected chi connectivity index (χ3v) is 4.87. The molecule has 0 fully saturated rings. The number of aromatic hydroxyl groups is 3. The number of benzene rings is 1. The van der Waals surface area contributed by atoms with Crippen LogP contribution in [0.4, 0.5) is 0 Å². The number of carboxylic acid groups (broad SMARTS) is 1. The van der Waals surface area contributed by atoms with Crippen LogP contribution >= 0.6 is 0 Å². The molecule has 0 heterocycles. The van der Waals surface area contributed by atoms with E-state index in [9.17, 15) is 25.2 Å². The van der Waals surface area contributed by atoms with Gasteiger partial charge in [0.05, 0.1) is 5.56 Å². The number of aromatic carboxylic acids is 1. The van der Waals surface area contributed by atoms with Gasteiger partial charge in [0.2, 0.25) is 5.75 Å². The zero-order valence-electron chi connectivity index (χ0n) is 16.0. The van der Waals surface area contributed by atoms with E-state index in [1.54, 1.807) is 0 Å². The Labute approximate surface area is 156 Å². The maximum Gasteiger partial charge on any atom is 0.336 e. The highest BCUT2D eigenvalue weighted by Crippen LogP contribution is 2.40. The van der Waals surface area contributed by atoms with E-state index < -0.39 is 23.2 Å². The molecule has 5 nitrogen and oxygen atoms in total. The normalized spacial score (nSPS) is 11.0. The lowest BCUT2D eigenvalue weighted by molar-refractivity contribution is 0.0694. The summed E-state index contributed by atoms with van der Waals surface area (Å²) in [6.45, 7) is 2.23. The quantitative estimate of drug-likeness (QED) is 0.248. The van der Waals surface area contributed by atoms with Crippen LogP contribution in [0.3, 0.4) is 0 Å². The molecular weight excluding hydrogens is 332 g/mol. The summed E-state index contributed by atoms with van der Waals surface area (Å²) in [5.41, 5.74) is 0.0424. The van der Waals surface area contributed by atoms with Gasteiger partial charge in [-0.3, -0.25) is 0 Å². The highest BCUT2D eigenvalue weighted by molar-refractivity contribution is 5.91. The summed E-state index contributed by atoms with van der Waals surface area (Å²) < 4.78 is 0. The topological polar surface area (TPSA) is 98.0 Å². The summed E-state index contributed by atoms with van der Waals surface area (Å²) in [5, 5.41) is 38.2. The number of unbranched alkanes of at least 4 members (excludes halogenated alkanes) is 11. The Kier molecular flexibility index (Phi) is 10.6. The van der Waals surface area contributed by atoms with Gasteiger partial charge >= 0.3 is 5.97 Å². The van der Waals surface area contributed by atoms with Crippen LogP contribution < -0.4 is 0 Å². The van der Waals surface area contributed by atoms with Gasteiger partial charge in [-0.15, -0.1) is 0 Å². The van der Waals surface area contributed by atoms with Gasteiger partial charge in [0.1, 0.15) is 0 Å². The largest absolute Gasteiger partial charge is 0.504 e. The molecule has 148 valence electrons. The molecule has 1 aromatic rings. The predicted molar refractivity (Wildman–Crippen MR) is 103 cm³/mol. The van der Waals surface area contributed by atoms with Gasteiger partial charge in [-0.05, 0) is 18.9 Å². The third kappa shape index (κ3) is 7.54. The molecule has 1 aromatic carbocycles. The van der Waals surface area contributed by atoms with E-state index in [4.69, 9.17) is 0 Å². The van der Waals surface area contributed by atoms with Crippen molar-refractivity contribution >= 4 is 5.97 Å². The number of hydrogen-bond donors (Lipinski definition) is 4. The number of phenolic OH excluding ortho intramolecular Hbond substituents is 3. The van der Waals surface area contributed by atoms with Crippen LogP contribution in [0, 0.1) is 0 Å². The molecule has 0 atom stereocenters. The van der Waals surface area contributed by atoms with Gasteiger partial charge in [-0.2, -0.15) is 0 Å². The molecule has 0 saturated carbocycles. The van der Waals surface area contributed by atoms with Crippen molar-refractivity contribution in [1.82, 2.24) is 0 Å². The van der Waals surface area contributed by atoms with E-state index >= 15 is 0 Å². The first kappa shape index (κ1) is 22.1. The molecule has 0 bridgehead atoms. The fraction of sp³-hybridized carbons (Fsp3) is 0.667. The Hall–Kier alpha value is -1.91. The minimum Gasteiger partial charge on any atom is -0.504 e. The summed E-state index contributed by atoms with van der Waals surface area (Å²) in [6, 6.07) is 0.993. The fourth-order valence-electron chi connectivity index (χ4n) is 3.27. The molecule has 0 aliphatic rings. The van der Waals surface area contributed by atoms with Crippen LogP contribution in [0.15, 0.2) is 6.07 Å². The molecule has 0 saturated heterocycles. The van der Waals surface area contributed by atoms with Crippen molar-refractivity contribution in [1.29, 1.82) is 0 Å². The second-order valence-corrected chi connectivity index (χ2v) is 7.06. The summed E-state index contributed by atoms with van der Waals surface area (Å²) in [7, 11) is 0. The molecule has 0 radical (unpaired) electrons. The molecule has 0 spiro atoms. The van der Waals surface area contributed by atoms with Crippen molar-refractivity contribution in [3.63, 3.8) is 0 Å². The standard InChI is InChI=1S/C21H34O5/c1-2-3-4-5-6-7-8-9-10-11-12-13-14-16-17(21(25)26)15-18(22)20(24)19(16)23/h15,22-24H,2-14H2,1H3,(H,25,26). The monoisotopic (exact) mass is 366 g/mol. The zero-order valence-corrected chi connectivity index (χ0v) is 16.0. The summed E-state index contributed by atoms with van der Waals surface area (Å²) in [5.74, 6) is -3.00. The summed E-state index contributed by atoms with van der Waals surface area (Å²) >= 11 is 0. The molecular formula is C21H34O5. The average Bonchev–Trinajstić information content (AvgIpc) is 2.61. The Morgan fingerprint density at radius 2 is 1.23 bits per heavy atom. The van der Waals surface area contributed by atoms with E-state index in [1.165, 1.54) is 57.8 Å². The number of carbonyl (C=O) groups is 1. The maximum absolute atomic E-state index is 11.3. The fourth-order valence-corrected chi connectivity index (χ4v) is 3.27. The Balaban J connectivity index is 2.22. The predicted octanol–water partition coefficient (Wildman–Crippen LogP) is 5.75. The summed E-state index contributed by atoms with van der Waals surface area (Å²) in [4.78, 5) is 11.3. The first-order valence-electron chi connectivity index (χ1n) is 9.99. The van der Waals surface area contributed by atoms with Crippen LogP contribution in [0.25, 0.3) is 0 Å². The van der Waals surface area contributed by atoms with E-state index in [0.717, 1.165) is 25.3 Å². The smallest absolute Gasteiger partial charge is 0.336 e. The number of rotatable bonds is 14. The summed E-state index contributed by atoms with van der Waals surface area (Å²) in [6.07, 6.45) is 14.8. The lowest BCUT2D eigenvalue weighted by Crippen LogP contribution is -2.03. The molecule has 1 rings (SSSR count). The second-order valence-electron chi connectivity index (χ2n) is 7.06. The Morgan fingerprint density at radius 3 is 1.69 bits per heavy atom. The van der Waals surface area contributed by atoms with Crippen LogP contribution in [0.5, 0.6) is 17.2 Å². The molecule has 26 heavy (non-hydrogen) atoms. The van der Waals surface area contributed by atoms with Gasteiger partial charge in [-0.25, -0.2) is 4.79 Å². The molecule has 0 aromatic heterocycles. The van der Waals surface area contributed by atoms with Gasteiger partial charge in [0.25, 0.3) is 0 Å². The number of hydrogen-bond acceptors (Lipinski definition) is 4. The number of carboxylic acids is 1.